The van der Waals surface area contributed by atoms with Crippen molar-refractivity contribution in [3.05, 3.63) is 94.8 Å². The maximum atomic E-state index is 13.1. The third-order valence-electron chi connectivity index (χ3n) is 4.60. The number of tetrazole rings is 1. The van der Waals surface area contributed by atoms with E-state index in [0.29, 0.717) is 18.2 Å². The molecule has 4 aromatic rings. The fourth-order valence-electron chi connectivity index (χ4n) is 3.01. The van der Waals surface area contributed by atoms with Gasteiger partial charge in [0.1, 0.15) is 18.2 Å². The molecule has 1 heterocycles. The second-order valence-electron chi connectivity index (χ2n) is 6.90. The summed E-state index contributed by atoms with van der Waals surface area (Å²) in [5.41, 5.74) is 2.78. The first kappa shape index (κ1) is 22.3. The Kier molecular flexibility index (Phi) is 7.71. The summed E-state index contributed by atoms with van der Waals surface area (Å²) >= 11 is 7.76. The molecular weight excluding hydrogens is 449 g/mol. The molecule has 0 saturated heterocycles. The summed E-state index contributed by atoms with van der Waals surface area (Å²) in [6.45, 7) is 1.70. The van der Waals surface area contributed by atoms with Gasteiger partial charge in [-0.05, 0) is 58.5 Å². The highest BCUT2D eigenvalue weighted by atomic mass is 35.5. The van der Waals surface area contributed by atoms with Crippen molar-refractivity contribution in [2.24, 2.45) is 0 Å². The maximum Gasteiger partial charge on any atom is 0.214 e. The highest BCUT2D eigenvalue weighted by Crippen LogP contribution is 2.24. The molecule has 0 aliphatic carbocycles. The lowest BCUT2D eigenvalue weighted by molar-refractivity contribution is 0.302. The Bertz CT molecular complexity index is 1140. The lowest BCUT2D eigenvalue weighted by Crippen LogP contribution is -2.17. The van der Waals surface area contributed by atoms with E-state index in [1.165, 1.54) is 12.1 Å². The standard InChI is InChI=1S/C23H21ClFN5OS/c24-19-8-11-22(31-16-17-6-9-20(25)10-7-17)18(14-19)15-26-12-13-32-23-27-28-29-30(23)21-4-2-1-3-5-21/h1-11,14,26H,12-13,15-16H2. The third-order valence-corrected chi connectivity index (χ3v) is 5.75. The summed E-state index contributed by atoms with van der Waals surface area (Å²) in [6.07, 6.45) is 0. The summed E-state index contributed by atoms with van der Waals surface area (Å²) in [5.74, 6) is 1.27. The topological polar surface area (TPSA) is 64.9 Å². The van der Waals surface area contributed by atoms with Gasteiger partial charge in [0, 0.05) is 29.4 Å². The van der Waals surface area contributed by atoms with E-state index in [4.69, 9.17) is 16.3 Å². The molecule has 4 rings (SSSR count). The van der Waals surface area contributed by atoms with E-state index >= 15 is 0 Å². The Balaban J connectivity index is 1.28. The molecule has 0 unspecified atom stereocenters. The van der Waals surface area contributed by atoms with E-state index in [1.807, 2.05) is 42.5 Å². The van der Waals surface area contributed by atoms with Gasteiger partial charge in [-0.1, -0.05) is 53.7 Å². The number of hydrogen-bond donors (Lipinski definition) is 1. The van der Waals surface area contributed by atoms with Crippen LogP contribution in [-0.4, -0.2) is 32.5 Å². The molecule has 1 aromatic heterocycles. The first-order chi connectivity index (χ1) is 15.7. The first-order valence-corrected chi connectivity index (χ1v) is 11.4. The molecule has 32 heavy (non-hydrogen) atoms. The maximum absolute atomic E-state index is 13.1. The number of nitrogens with one attached hydrogen (secondary N) is 1. The van der Waals surface area contributed by atoms with Crippen molar-refractivity contribution in [1.82, 2.24) is 25.5 Å². The van der Waals surface area contributed by atoms with Gasteiger partial charge in [-0.15, -0.1) is 5.10 Å². The summed E-state index contributed by atoms with van der Waals surface area (Å²) in [4.78, 5) is 0. The van der Waals surface area contributed by atoms with Gasteiger partial charge in [-0.3, -0.25) is 0 Å². The van der Waals surface area contributed by atoms with Gasteiger partial charge in [0.25, 0.3) is 0 Å². The highest BCUT2D eigenvalue weighted by molar-refractivity contribution is 7.99. The van der Waals surface area contributed by atoms with Crippen LogP contribution >= 0.6 is 23.4 Å². The van der Waals surface area contributed by atoms with Crippen LogP contribution in [-0.2, 0) is 13.2 Å². The number of hydrogen-bond acceptors (Lipinski definition) is 6. The number of benzene rings is 3. The van der Waals surface area contributed by atoms with Crippen LogP contribution in [0.25, 0.3) is 5.69 Å². The van der Waals surface area contributed by atoms with Crippen LogP contribution in [0.5, 0.6) is 5.75 Å². The van der Waals surface area contributed by atoms with Gasteiger partial charge in [-0.2, -0.15) is 4.68 Å². The zero-order chi connectivity index (χ0) is 22.2. The fraction of sp³-hybridized carbons (Fsp3) is 0.174. The first-order valence-electron chi connectivity index (χ1n) is 10.0. The van der Waals surface area contributed by atoms with E-state index in [9.17, 15) is 4.39 Å². The monoisotopic (exact) mass is 469 g/mol. The minimum absolute atomic E-state index is 0.263. The molecular formula is C23H21ClFN5OS. The van der Waals surface area contributed by atoms with Crippen LogP contribution in [0.3, 0.4) is 0 Å². The number of para-hydroxylation sites is 1. The van der Waals surface area contributed by atoms with Crippen LogP contribution in [0, 0.1) is 5.82 Å². The van der Waals surface area contributed by atoms with Crippen molar-refractivity contribution in [3.8, 4) is 11.4 Å². The van der Waals surface area contributed by atoms with Gasteiger partial charge >= 0.3 is 0 Å². The summed E-state index contributed by atoms with van der Waals surface area (Å²) in [7, 11) is 0. The molecule has 3 aromatic carbocycles. The quantitative estimate of drug-likeness (QED) is 0.263. The van der Waals surface area contributed by atoms with Crippen molar-refractivity contribution in [2.45, 2.75) is 18.3 Å². The van der Waals surface area contributed by atoms with Gasteiger partial charge in [-0.25, -0.2) is 4.39 Å². The molecule has 0 bridgehead atoms. The molecule has 0 amide bonds. The molecule has 0 atom stereocenters. The number of aromatic nitrogens is 4. The number of ether oxygens (including phenoxy) is 1. The van der Waals surface area contributed by atoms with Crippen LogP contribution in [0.4, 0.5) is 4.39 Å². The number of rotatable bonds is 10. The molecule has 0 aliphatic heterocycles. The number of halogens is 2. The van der Waals surface area contributed by atoms with Crippen molar-refractivity contribution in [3.63, 3.8) is 0 Å². The van der Waals surface area contributed by atoms with E-state index in [2.05, 4.69) is 20.8 Å². The third kappa shape index (κ3) is 6.06. The van der Waals surface area contributed by atoms with Crippen molar-refractivity contribution in [2.75, 3.05) is 12.3 Å². The van der Waals surface area contributed by atoms with Crippen LogP contribution < -0.4 is 10.1 Å². The Labute approximate surface area is 194 Å². The SMILES string of the molecule is Fc1ccc(COc2ccc(Cl)cc2CNCCSc2nnnn2-c2ccccc2)cc1. The van der Waals surface area contributed by atoms with E-state index in [-0.39, 0.29) is 5.82 Å². The minimum atomic E-state index is -0.263. The molecule has 0 fully saturated rings. The molecule has 1 N–H and O–H groups in total. The summed E-state index contributed by atoms with van der Waals surface area (Å²) < 4.78 is 20.7. The molecule has 0 aliphatic rings. The van der Waals surface area contributed by atoms with Crippen LogP contribution in [0.15, 0.2) is 78.0 Å². The molecule has 0 spiro atoms. The van der Waals surface area contributed by atoms with Gasteiger partial charge < -0.3 is 10.1 Å². The molecule has 6 nitrogen and oxygen atoms in total. The lowest BCUT2D eigenvalue weighted by Gasteiger charge is -2.13. The molecule has 0 saturated carbocycles. The van der Waals surface area contributed by atoms with Crippen molar-refractivity contribution >= 4 is 23.4 Å². The number of nitrogens with zero attached hydrogens (tertiary/aromatic N) is 4. The minimum Gasteiger partial charge on any atom is -0.489 e. The second-order valence-corrected chi connectivity index (χ2v) is 8.40. The lowest BCUT2D eigenvalue weighted by atomic mass is 10.2. The fourth-order valence-corrected chi connectivity index (χ4v) is 3.99. The predicted octanol–water partition coefficient (Wildman–Crippen LogP) is 4.92. The average molecular weight is 470 g/mol. The zero-order valence-electron chi connectivity index (χ0n) is 17.1. The number of thioether (sulfide) groups is 1. The van der Waals surface area contributed by atoms with Gasteiger partial charge in [0.2, 0.25) is 5.16 Å². The van der Waals surface area contributed by atoms with Crippen LogP contribution in [0.2, 0.25) is 5.02 Å². The van der Waals surface area contributed by atoms with E-state index in [1.54, 1.807) is 34.6 Å². The van der Waals surface area contributed by atoms with Crippen LogP contribution in [0.1, 0.15) is 11.1 Å². The Hall–Kier alpha value is -2.94. The smallest absolute Gasteiger partial charge is 0.214 e. The highest BCUT2D eigenvalue weighted by Gasteiger charge is 2.09. The summed E-state index contributed by atoms with van der Waals surface area (Å²) in [6, 6.07) is 21.6. The normalized spacial score (nSPS) is 10.9. The Morgan fingerprint density at radius 1 is 1.03 bits per heavy atom. The molecule has 9 heteroatoms. The van der Waals surface area contributed by atoms with Crippen molar-refractivity contribution < 1.29 is 9.13 Å². The Morgan fingerprint density at radius 3 is 2.66 bits per heavy atom. The average Bonchev–Trinajstić information content (AvgIpc) is 3.28. The van der Waals surface area contributed by atoms with E-state index < -0.39 is 0 Å². The summed E-state index contributed by atoms with van der Waals surface area (Å²) in [5, 5.41) is 16.8. The molecule has 0 radical (unpaired) electrons. The Morgan fingerprint density at radius 2 is 1.84 bits per heavy atom. The zero-order valence-corrected chi connectivity index (χ0v) is 18.7. The van der Waals surface area contributed by atoms with E-state index in [0.717, 1.165) is 40.0 Å². The van der Waals surface area contributed by atoms with Gasteiger partial charge in [0.05, 0.1) is 5.69 Å². The second kappa shape index (κ2) is 11.1. The molecule has 164 valence electrons. The van der Waals surface area contributed by atoms with Gasteiger partial charge in [0.15, 0.2) is 0 Å². The largest absolute Gasteiger partial charge is 0.489 e. The van der Waals surface area contributed by atoms with Crippen molar-refractivity contribution in [1.29, 1.82) is 0 Å². The predicted molar refractivity (Wildman–Crippen MR) is 124 cm³/mol.